The Kier molecular flexibility index (Phi) is 4.08. The van der Waals surface area contributed by atoms with Gasteiger partial charge in [0.05, 0.1) is 6.10 Å². The molecule has 0 amide bonds. The van der Waals surface area contributed by atoms with Crippen LogP contribution in [0.3, 0.4) is 0 Å². The summed E-state index contributed by atoms with van der Waals surface area (Å²) < 4.78 is 0. The van der Waals surface area contributed by atoms with Crippen molar-refractivity contribution >= 4 is 10.9 Å². The van der Waals surface area contributed by atoms with E-state index in [4.69, 9.17) is 0 Å². The molecule has 0 fully saturated rings. The number of aryl methyl sites for hydroxylation is 1. The maximum Gasteiger partial charge on any atom is 0.0798 e. The van der Waals surface area contributed by atoms with Crippen LogP contribution >= 0.6 is 0 Å². The average Bonchev–Trinajstić information content (AvgIpc) is 2.84. The molecule has 2 aromatic heterocycles. The predicted molar refractivity (Wildman–Crippen MR) is 96.2 cm³/mol. The van der Waals surface area contributed by atoms with Crippen LogP contribution in [0.4, 0.5) is 0 Å². The Morgan fingerprint density at radius 3 is 2.92 bits per heavy atom. The van der Waals surface area contributed by atoms with Crippen molar-refractivity contribution in [2.45, 2.75) is 31.8 Å². The fourth-order valence-corrected chi connectivity index (χ4v) is 3.78. The van der Waals surface area contributed by atoms with Gasteiger partial charge in [-0.2, -0.15) is 0 Å². The van der Waals surface area contributed by atoms with Gasteiger partial charge in [0.2, 0.25) is 0 Å². The summed E-state index contributed by atoms with van der Waals surface area (Å²) in [5.41, 5.74) is 6.12. The summed E-state index contributed by atoms with van der Waals surface area (Å²) in [5.74, 6) is 0.276. The number of aromatic nitrogens is 2. The molecule has 3 aromatic rings. The van der Waals surface area contributed by atoms with Crippen molar-refractivity contribution in [3.8, 4) is 0 Å². The summed E-state index contributed by atoms with van der Waals surface area (Å²) in [6.45, 7) is 4.01. The zero-order chi connectivity index (χ0) is 16.5. The minimum atomic E-state index is -0.473. The molecule has 2 unspecified atom stereocenters. The second kappa shape index (κ2) is 6.38. The van der Waals surface area contributed by atoms with Gasteiger partial charge in [-0.25, -0.2) is 0 Å². The molecule has 3 heterocycles. The number of aliphatic hydroxyl groups excluding tert-OH is 1. The minimum absolute atomic E-state index is 0.276. The monoisotopic (exact) mass is 321 g/mol. The topological polar surface area (TPSA) is 60.9 Å². The summed E-state index contributed by atoms with van der Waals surface area (Å²) in [5, 5.41) is 15.5. The molecular weight excluding hydrogens is 298 g/mol. The van der Waals surface area contributed by atoms with E-state index in [0.29, 0.717) is 6.42 Å². The molecule has 0 saturated carbocycles. The fourth-order valence-electron chi connectivity index (χ4n) is 3.78. The largest absolute Gasteiger partial charge is 0.388 e. The lowest BCUT2D eigenvalue weighted by molar-refractivity contribution is 0.156. The molecule has 0 bridgehead atoms. The number of fused-ring (bicyclic) bond motifs is 3. The lowest BCUT2D eigenvalue weighted by Gasteiger charge is -2.19. The maximum absolute atomic E-state index is 10.6. The maximum atomic E-state index is 10.6. The third-order valence-corrected chi connectivity index (χ3v) is 5.04. The van der Waals surface area contributed by atoms with Gasteiger partial charge < -0.3 is 15.4 Å². The summed E-state index contributed by atoms with van der Waals surface area (Å²) in [4.78, 5) is 7.66. The van der Waals surface area contributed by atoms with Gasteiger partial charge >= 0.3 is 0 Å². The van der Waals surface area contributed by atoms with Gasteiger partial charge in [0.15, 0.2) is 0 Å². The Hall–Kier alpha value is -2.17. The molecule has 0 aliphatic carbocycles. The van der Waals surface area contributed by atoms with E-state index in [1.807, 2.05) is 12.1 Å². The molecule has 124 valence electrons. The average molecular weight is 321 g/mol. The van der Waals surface area contributed by atoms with Crippen LogP contribution in [0.5, 0.6) is 0 Å². The van der Waals surface area contributed by atoms with E-state index in [-0.39, 0.29) is 5.92 Å². The third-order valence-electron chi connectivity index (χ3n) is 5.04. The normalized spacial score (nSPS) is 19.0. The molecule has 4 heteroatoms. The van der Waals surface area contributed by atoms with E-state index in [1.165, 1.54) is 27.7 Å². The van der Waals surface area contributed by atoms with E-state index < -0.39 is 6.10 Å². The Morgan fingerprint density at radius 1 is 1.25 bits per heavy atom. The van der Waals surface area contributed by atoms with E-state index in [2.05, 4.69) is 40.4 Å². The molecule has 1 aromatic carbocycles. The molecule has 4 rings (SSSR count). The van der Waals surface area contributed by atoms with Gasteiger partial charge in [-0.3, -0.25) is 4.98 Å². The van der Waals surface area contributed by atoms with Crippen LogP contribution in [0.2, 0.25) is 0 Å². The highest BCUT2D eigenvalue weighted by molar-refractivity contribution is 5.85. The number of rotatable bonds is 3. The summed E-state index contributed by atoms with van der Waals surface area (Å²) in [6, 6.07) is 10.4. The quantitative estimate of drug-likeness (QED) is 0.694. The number of nitrogens with one attached hydrogen (secondary N) is 2. The number of nitrogens with zero attached hydrogens (tertiary/aromatic N) is 1. The Bertz CT molecular complexity index is 841. The van der Waals surface area contributed by atoms with Crippen LogP contribution in [0.1, 0.15) is 40.8 Å². The van der Waals surface area contributed by atoms with Crippen molar-refractivity contribution in [2.24, 2.45) is 0 Å². The van der Waals surface area contributed by atoms with Gasteiger partial charge in [0, 0.05) is 41.5 Å². The molecule has 1 aliphatic heterocycles. The third kappa shape index (κ3) is 2.83. The zero-order valence-electron chi connectivity index (χ0n) is 13.9. The Balaban J connectivity index is 1.69. The molecular formula is C20H23N3O. The lowest BCUT2D eigenvalue weighted by atomic mass is 9.92. The van der Waals surface area contributed by atoms with Gasteiger partial charge in [-0.05, 0) is 61.7 Å². The van der Waals surface area contributed by atoms with Gasteiger partial charge in [0.1, 0.15) is 0 Å². The zero-order valence-corrected chi connectivity index (χ0v) is 13.9. The standard InChI is InChI=1S/C20H23N3O/c1-13-2-3-18-17(10-13)16-6-9-22-12-15(20(16)23-18)11-19(24)14-4-7-21-8-5-14/h2-5,7-8,10,15,19,22-24H,6,9,11-12H2,1H3. The highest BCUT2D eigenvalue weighted by atomic mass is 16.3. The molecule has 0 saturated heterocycles. The van der Waals surface area contributed by atoms with E-state index in [0.717, 1.165) is 25.1 Å². The van der Waals surface area contributed by atoms with Crippen molar-refractivity contribution in [3.63, 3.8) is 0 Å². The predicted octanol–water partition coefficient (Wildman–Crippen LogP) is 3.22. The van der Waals surface area contributed by atoms with Gasteiger partial charge in [-0.15, -0.1) is 0 Å². The second-order valence-corrected chi connectivity index (χ2v) is 6.75. The van der Waals surface area contributed by atoms with Crippen LogP contribution in [0.25, 0.3) is 10.9 Å². The van der Waals surface area contributed by atoms with E-state index >= 15 is 0 Å². The Morgan fingerprint density at radius 2 is 2.08 bits per heavy atom. The summed E-state index contributed by atoms with van der Waals surface area (Å²) >= 11 is 0. The van der Waals surface area contributed by atoms with Crippen molar-refractivity contribution in [1.29, 1.82) is 0 Å². The number of hydrogen-bond acceptors (Lipinski definition) is 3. The second-order valence-electron chi connectivity index (χ2n) is 6.75. The molecule has 4 nitrogen and oxygen atoms in total. The van der Waals surface area contributed by atoms with Crippen LogP contribution < -0.4 is 5.32 Å². The molecule has 2 atom stereocenters. The highest BCUT2D eigenvalue weighted by Gasteiger charge is 2.25. The van der Waals surface area contributed by atoms with Crippen LogP contribution in [-0.2, 0) is 6.42 Å². The summed E-state index contributed by atoms with van der Waals surface area (Å²) in [7, 11) is 0. The first-order valence-corrected chi connectivity index (χ1v) is 8.62. The first-order chi connectivity index (χ1) is 11.7. The molecule has 0 spiro atoms. The lowest BCUT2D eigenvalue weighted by Crippen LogP contribution is -2.22. The fraction of sp³-hybridized carbons (Fsp3) is 0.350. The van der Waals surface area contributed by atoms with Gasteiger partial charge in [0.25, 0.3) is 0 Å². The SMILES string of the molecule is Cc1ccc2[nH]c3c(c2c1)CCNCC3CC(O)c1ccncc1. The van der Waals surface area contributed by atoms with E-state index in [9.17, 15) is 5.11 Å². The van der Waals surface area contributed by atoms with Crippen molar-refractivity contribution < 1.29 is 5.11 Å². The van der Waals surface area contributed by atoms with Crippen molar-refractivity contribution in [3.05, 3.63) is 65.1 Å². The van der Waals surface area contributed by atoms with Gasteiger partial charge in [-0.1, -0.05) is 11.6 Å². The number of pyridine rings is 1. The van der Waals surface area contributed by atoms with Crippen LogP contribution in [0, 0.1) is 6.92 Å². The smallest absolute Gasteiger partial charge is 0.0798 e. The van der Waals surface area contributed by atoms with Crippen LogP contribution in [0.15, 0.2) is 42.7 Å². The number of aromatic amines is 1. The molecule has 3 N–H and O–H groups in total. The molecule has 0 radical (unpaired) electrons. The highest BCUT2D eigenvalue weighted by Crippen LogP contribution is 2.35. The summed E-state index contributed by atoms with van der Waals surface area (Å²) in [6.07, 6.45) is 4.73. The minimum Gasteiger partial charge on any atom is -0.388 e. The van der Waals surface area contributed by atoms with Crippen molar-refractivity contribution in [1.82, 2.24) is 15.3 Å². The number of aliphatic hydroxyl groups is 1. The molecule has 24 heavy (non-hydrogen) atoms. The Labute approximate surface area is 141 Å². The molecule has 1 aliphatic rings. The number of hydrogen-bond donors (Lipinski definition) is 3. The number of benzene rings is 1. The number of H-pyrrole nitrogens is 1. The van der Waals surface area contributed by atoms with Crippen molar-refractivity contribution in [2.75, 3.05) is 13.1 Å². The van der Waals surface area contributed by atoms with E-state index in [1.54, 1.807) is 12.4 Å². The first-order valence-electron chi connectivity index (χ1n) is 8.62. The van der Waals surface area contributed by atoms with Crippen LogP contribution in [-0.4, -0.2) is 28.2 Å². The first kappa shape index (κ1) is 15.4.